The summed E-state index contributed by atoms with van der Waals surface area (Å²) in [5, 5.41) is 5.55. The molecule has 2 aliphatic rings. The Bertz CT molecular complexity index is 917. The summed E-state index contributed by atoms with van der Waals surface area (Å²) in [6.45, 7) is 8.94. The van der Waals surface area contributed by atoms with Crippen LogP contribution in [0.2, 0.25) is 0 Å². The van der Waals surface area contributed by atoms with E-state index in [4.69, 9.17) is 9.47 Å². The largest absolute Gasteiger partial charge is 0.491 e. The van der Waals surface area contributed by atoms with Gasteiger partial charge < -0.3 is 29.9 Å². The van der Waals surface area contributed by atoms with Gasteiger partial charge in [0.1, 0.15) is 12.4 Å². The van der Waals surface area contributed by atoms with Crippen molar-refractivity contribution in [1.82, 2.24) is 15.1 Å². The molecule has 0 unspecified atom stereocenters. The van der Waals surface area contributed by atoms with Gasteiger partial charge in [0.15, 0.2) is 0 Å². The number of benzene rings is 1. The van der Waals surface area contributed by atoms with Gasteiger partial charge in [-0.2, -0.15) is 0 Å². The standard InChI is InChI=1S/C26H40N4O5/c1-16(2)27-26(33)28-20-10-11-22-21(12-20)25(32)29(5)14-23(34-6)17(3)13-30(18(4)15-35-22)24(31)19-8-7-9-19/h10-12,16-19,23H,7-9,13-15H2,1-6H3,(H2,27,28,33)/t17-,18+,23+/m0/s1. The molecule has 0 spiro atoms. The Morgan fingerprint density at radius 2 is 1.89 bits per heavy atom. The first-order chi connectivity index (χ1) is 16.6. The van der Waals surface area contributed by atoms with Gasteiger partial charge in [0.25, 0.3) is 5.91 Å². The average Bonchev–Trinajstić information content (AvgIpc) is 2.76. The molecule has 1 aliphatic heterocycles. The lowest BCUT2D eigenvalue weighted by Crippen LogP contribution is -2.51. The third-order valence-corrected chi connectivity index (χ3v) is 6.86. The third kappa shape index (κ3) is 6.66. The third-order valence-electron chi connectivity index (χ3n) is 6.86. The Morgan fingerprint density at radius 1 is 1.17 bits per heavy atom. The number of carbonyl (C=O) groups is 3. The Balaban J connectivity index is 1.91. The molecular weight excluding hydrogens is 448 g/mol. The molecular formula is C26H40N4O5. The first-order valence-electron chi connectivity index (χ1n) is 12.5. The number of methoxy groups -OCH3 is 1. The number of hydrogen-bond acceptors (Lipinski definition) is 5. The molecule has 3 atom stereocenters. The number of nitrogens with one attached hydrogen (secondary N) is 2. The average molecular weight is 489 g/mol. The summed E-state index contributed by atoms with van der Waals surface area (Å²) in [4.78, 5) is 42.4. The lowest BCUT2D eigenvalue weighted by atomic mass is 9.83. The molecule has 0 saturated heterocycles. The number of anilines is 1. The summed E-state index contributed by atoms with van der Waals surface area (Å²) < 4.78 is 11.9. The lowest BCUT2D eigenvalue weighted by molar-refractivity contribution is -0.142. The molecule has 9 heteroatoms. The molecule has 1 aromatic carbocycles. The number of carbonyl (C=O) groups excluding carboxylic acids is 3. The van der Waals surface area contributed by atoms with Crippen LogP contribution < -0.4 is 15.4 Å². The number of amides is 4. The highest BCUT2D eigenvalue weighted by atomic mass is 16.5. The number of nitrogens with zero attached hydrogens (tertiary/aromatic N) is 2. The van der Waals surface area contributed by atoms with E-state index < -0.39 is 0 Å². The second-order valence-electron chi connectivity index (χ2n) is 10.2. The van der Waals surface area contributed by atoms with Crippen LogP contribution in [0, 0.1) is 11.8 Å². The van der Waals surface area contributed by atoms with Gasteiger partial charge in [-0.25, -0.2) is 4.79 Å². The number of hydrogen-bond donors (Lipinski definition) is 2. The summed E-state index contributed by atoms with van der Waals surface area (Å²) in [5.41, 5.74) is 0.841. The van der Waals surface area contributed by atoms with Crippen LogP contribution in [0.4, 0.5) is 10.5 Å². The van der Waals surface area contributed by atoms with Crippen LogP contribution in [0.5, 0.6) is 5.75 Å². The van der Waals surface area contributed by atoms with E-state index in [0.29, 0.717) is 30.1 Å². The lowest BCUT2D eigenvalue weighted by Gasteiger charge is -2.39. The maximum absolute atomic E-state index is 13.4. The predicted molar refractivity (Wildman–Crippen MR) is 135 cm³/mol. The normalized spacial score (nSPS) is 24.0. The van der Waals surface area contributed by atoms with Crippen molar-refractivity contribution in [2.24, 2.45) is 11.8 Å². The van der Waals surface area contributed by atoms with Crippen LogP contribution in [-0.4, -0.2) is 79.7 Å². The zero-order valence-electron chi connectivity index (χ0n) is 21.8. The Labute approximate surface area is 208 Å². The molecule has 9 nitrogen and oxygen atoms in total. The second kappa shape index (κ2) is 11.7. The number of ether oxygens (including phenoxy) is 2. The molecule has 1 aromatic rings. The van der Waals surface area contributed by atoms with E-state index in [1.54, 1.807) is 37.3 Å². The highest BCUT2D eigenvalue weighted by Crippen LogP contribution is 2.31. The van der Waals surface area contributed by atoms with Crippen molar-refractivity contribution in [3.63, 3.8) is 0 Å². The fourth-order valence-electron chi connectivity index (χ4n) is 4.48. The van der Waals surface area contributed by atoms with E-state index in [-0.39, 0.29) is 54.5 Å². The number of urea groups is 1. The fourth-order valence-corrected chi connectivity index (χ4v) is 4.48. The minimum atomic E-state index is -0.345. The van der Waals surface area contributed by atoms with Crippen molar-refractivity contribution in [2.75, 3.05) is 39.2 Å². The Hall–Kier alpha value is -2.81. The van der Waals surface area contributed by atoms with Gasteiger partial charge >= 0.3 is 6.03 Å². The van der Waals surface area contributed by atoms with Crippen LogP contribution in [0.25, 0.3) is 0 Å². The molecule has 3 rings (SSSR count). The Morgan fingerprint density at radius 3 is 2.49 bits per heavy atom. The van der Waals surface area contributed by atoms with Gasteiger partial charge in [0.2, 0.25) is 5.91 Å². The molecule has 1 aliphatic carbocycles. The number of likely N-dealkylation sites (N-methyl/N-ethyl adjacent to an activating group) is 1. The number of rotatable bonds is 4. The molecule has 0 bridgehead atoms. The molecule has 194 valence electrons. The first-order valence-corrected chi connectivity index (χ1v) is 12.5. The van der Waals surface area contributed by atoms with E-state index in [2.05, 4.69) is 17.6 Å². The highest BCUT2D eigenvalue weighted by Gasteiger charge is 2.35. The van der Waals surface area contributed by atoms with Gasteiger partial charge in [0.05, 0.1) is 17.7 Å². The summed E-state index contributed by atoms with van der Waals surface area (Å²) in [7, 11) is 3.36. The SMILES string of the molecule is CO[C@@H]1CN(C)C(=O)c2cc(NC(=O)NC(C)C)ccc2OC[C@@H](C)N(C(=O)C2CCC2)C[C@@H]1C. The van der Waals surface area contributed by atoms with Crippen molar-refractivity contribution in [3.8, 4) is 5.75 Å². The van der Waals surface area contributed by atoms with Crippen molar-refractivity contribution in [2.45, 2.75) is 65.1 Å². The van der Waals surface area contributed by atoms with E-state index in [0.717, 1.165) is 19.3 Å². The topological polar surface area (TPSA) is 100 Å². The molecule has 1 heterocycles. The highest BCUT2D eigenvalue weighted by molar-refractivity contribution is 5.99. The molecule has 0 aromatic heterocycles. The van der Waals surface area contributed by atoms with Crippen molar-refractivity contribution in [1.29, 1.82) is 0 Å². The molecule has 1 fully saturated rings. The van der Waals surface area contributed by atoms with Gasteiger partial charge in [-0.15, -0.1) is 0 Å². The van der Waals surface area contributed by atoms with Gasteiger partial charge in [-0.05, 0) is 51.8 Å². The van der Waals surface area contributed by atoms with Crippen molar-refractivity contribution < 1.29 is 23.9 Å². The maximum atomic E-state index is 13.4. The first kappa shape index (κ1) is 26.8. The molecule has 1 saturated carbocycles. The minimum Gasteiger partial charge on any atom is -0.491 e. The van der Waals surface area contributed by atoms with E-state index in [9.17, 15) is 14.4 Å². The quantitative estimate of drug-likeness (QED) is 0.677. The van der Waals surface area contributed by atoms with E-state index in [1.807, 2.05) is 25.7 Å². The summed E-state index contributed by atoms with van der Waals surface area (Å²) in [6.07, 6.45) is 2.72. The summed E-state index contributed by atoms with van der Waals surface area (Å²) in [5.74, 6) is 0.473. The summed E-state index contributed by atoms with van der Waals surface area (Å²) in [6, 6.07) is 4.50. The zero-order chi connectivity index (χ0) is 25.7. The molecule has 4 amide bonds. The van der Waals surface area contributed by atoms with Gasteiger partial charge in [-0.3, -0.25) is 9.59 Å². The fraction of sp³-hybridized carbons (Fsp3) is 0.654. The van der Waals surface area contributed by atoms with Crippen LogP contribution >= 0.6 is 0 Å². The molecule has 2 N–H and O–H groups in total. The van der Waals surface area contributed by atoms with Gasteiger partial charge in [0, 0.05) is 50.8 Å². The van der Waals surface area contributed by atoms with E-state index in [1.165, 1.54) is 0 Å². The predicted octanol–water partition coefficient (Wildman–Crippen LogP) is 3.35. The zero-order valence-corrected chi connectivity index (χ0v) is 21.8. The smallest absolute Gasteiger partial charge is 0.319 e. The van der Waals surface area contributed by atoms with Gasteiger partial charge in [-0.1, -0.05) is 13.3 Å². The monoisotopic (exact) mass is 488 g/mol. The molecule has 0 radical (unpaired) electrons. The molecule has 35 heavy (non-hydrogen) atoms. The van der Waals surface area contributed by atoms with Crippen LogP contribution in [0.3, 0.4) is 0 Å². The minimum absolute atomic E-state index is 0.0181. The van der Waals surface area contributed by atoms with Crippen molar-refractivity contribution in [3.05, 3.63) is 23.8 Å². The second-order valence-corrected chi connectivity index (χ2v) is 10.2. The summed E-state index contributed by atoms with van der Waals surface area (Å²) >= 11 is 0. The maximum Gasteiger partial charge on any atom is 0.319 e. The van der Waals surface area contributed by atoms with Crippen LogP contribution in [-0.2, 0) is 9.53 Å². The van der Waals surface area contributed by atoms with Crippen LogP contribution in [0.1, 0.15) is 57.3 Å². The van der Waals surface area contributed by atoms with Crippen molar-refractivity contribution >= 4 is 23.5 Å². The number of fused-ring (bicyclic) bond motifs is 1. The van der Waals surface area contributed by atoms with Crippen LogP contribution in [0.15, 0.2) is 18.2 Å². The Kier molecular flexibility index (Phi) is 8.99. The van der Waals surface area contributed by atoms with E-state index >= 15 is 0 Å².